The molecule has 1 rings (SSSR count). The molecule has 0 heterocycles. The van der Waals surface area contributed by atoms with Crippen molar-refractivity contribution in [2.24, 2.45) is 0 Å². The summed E-state index contributed by atoms with van der Waals surface area (Å²) in [6.45, 7) is 5.45. The van der Waals surface area contributed by atoms with Crippen LogP contribution in [0, 0.1) is 6.92 Å². The molecule has 0 aliphatic carbocycles. The minimum atomic E-state index is -3.28. The van der Waals surface area contributed by atoms with Gasteiger partial charge in [-0.2, -0.15) is 0 Å². The molecule has 0 aliphatic heterocycles. The average molecular weight is 270 g/mol. The van der Waals surface area contributed by atoms with Gasteiger partial charge in [-0.1, -0.05) is 19.9 Å². The van der Waals surface area contributed by atoms with E-state index in [-0.39, 0.29) is 11.3 Å². The fourth-order valence-electron chi connectivity index (χ4n) is 2.03. The zero-order valence-electron chi connectivity index (χ0n) is 11.0. The van der Waals surface area contributed by atoms with Crippen molar-refractivity contribution in [3.8, 4) is 0 Å². The van der Waals surface area contributed by atoms with Crippen LogP contribution in [0.15, 0.2) is 23.1 Å². The second kappa shape index (κ2) is 4.72. The molecule has 0 radical (unpaired) electrons. The van der Waals surface area contributed by atoms with Gasteiger partial charge in [-0.15, -0.1) is 0 Å². The van der Waals surface area contributed by atoms with Gasteiger partial charge in [0.05, 0.1) is 11.3 Å². The molecular weight excluding hydrogens is 252 g/mol. The maximum absolute atomic E-state index is 11.5. The van der Waals surface area contributed by atoms with Crippen molar-refractivity contribution in [1.29, 1.82) is 0 Å². The van der Waals surface area contributed by atoms with Gasteiger partial charge in [0.15, 0.2) is 9.84 Å². The number of hydrogen-bond acceptors (Lipinski definition) is 3. The molecule has 5 heteroatoms. The van der Waals surface area contributed by atoms with Gasteiger partial charge in [-0.3, -0.25) is 4.79 Å². The van der Waals surface area contributed by atoms with Crippen LogP contribution in [0.2, 0.25) is 0 Å². The topological polar surface area (TPSA) is 71.4 Å². The van der Waals surface area contributed by atoms with E-state index in [1.165, 1.54) is 0 Å². The van der Waals surface area contributed by atoms with E-state index in [2.05, 4.69) is 0 Å². The number of carboxylic acids is 1. The summed E-state index contributed by atoms with van der Waals surface area (Å²) < 4.78 is 23.1. The van der Waals surface area contributed by atoms with Crippen molar-refractivity contribution in [3.63, 3.8) is 0 Å². The predicted octanol–water partition coefficient (Wildman–Crippen LogP) is 2.15. The summed E-state index contributed by atoms with van der Waals surface area (Å²) in [5.41, 5.74) is 1.05. The van der Waals surface area contributed by atoms with Crippen molar-refractivity contribution in [2.45, 2.75) is 37.5 Å². The predicted molar refractivity (Wildman–Crippen MR) is 69.6 cm³/mol. The third-order valence-corrected chi connectivity index (χ3v) is 4.07. The van der Waals surface area contributed by atoms with E-state index < -0.39 is 21.2 Å². The van der Waals surface area contributed by atoms with Gasteiger partial charge in [0, 0.05) is 11.7 Å². The Morgan fingerprint density at radius 2 is 1.89 bits per heavy atom. The average Bonchev–Trinajstić information content (AvgIpc) is 2.13. The normalized spacial score (nSPS) is 12.4. The van der Waals surface area contributed by atoms with Gasteiger partial charge in [0.2, 0.25) is 0 Å². The van der Waals surface area contributed by atoms with Gasteiger partial charge in [-0.25, -0.2) is 8.42 Å². The van der Waals surface area contributed by atoms with Crippen LogP contribution in [0.5, 0.6) is 0 Å². The smallest absolute Gasteiger partial charge is 0.304 e. The summed E-state index contributed by atoms with van der Waals surface area (Å²) in [4.78, 5) is 11.1. The maximum Gasteiger partial charge on any atom is 0.304 e. The Bertz CT molecular complexity index is 571. The van der Waals surface area contributed by atoms with Crippen LogP contribution in [0.4, 0.5) is 0 Å². The molecule has 0 saturated carbocycles. The lowest BCUT2D eigenvalue weighted by Gasteiger charge is -2.25. The Hall–Kier alpha value is -1.36. The molecule has 0 saturated heterocycles. The van der Waals surface area contributed by atoms with Crippen LogP contribution in [-0.2, 0) is 20.0 Å². The Kier molecular flexibility index (Phi) is 3.86. The molecule has 0 aliphatic rings. The zero-order valence-corrected chi connectivity index (χ0v) is 11.8. The van der Waals surface area contributed by atoms with Crippen LogP contribution in [-0.4, -0.2) is 25.7 Å². The maximum atomic E-state index is 11.5. The number of carbonyl (C=O) groups is 1. The lowest BCUT2D eigenvalue weighted by Crippen LogP contribution is -2.23. The number of sulfone groups is 1. The minimum Gasteiger partial charge on any atom is -0.481 e. The molecule has 0 aromatic heterocycles. The summed E-state index contributed by atoms with van der Waals surface area (Å²) in [6, 6.07) is 4.84. The van der Waals surface area contributed by atoms with Crippen LogP contribution >= 0.6 is 0 Å². The Labute approximate surface area is 108 Å². The summed E-state index contributed by atoms with van der Waals surface area (Å²) in [5.74, 6) is -0.899. The first-order valence-electron chi connectivity index (χ1n) is 5.57. The van der Waals surface area contributed by atoms with E-state index in [1.807, 2.05) is 6.92 Å². The fourth-order valence-corrected chi connectivity index (χ4v) is 2.68. The lowest BCUT2D eigenvalue weighted by molar-refractivity contribution is -0.138. The SMILES string of the molecule is Cc1ccc(S(C)(=O)=O)cc1C(C)(C)CC(=O)O. The van der Waals surface area contributed by atoms with E-state index in [0.29, 0.717) is 0 Å². The van der Waals surface area contributed by atoms with Crippen LogP contribution in [0.25, 0.3) is 0 Å². The van der Waals surface area contributed by atoms with E-state index in [1.54, 1.807) is 32.0 Å². The minimum absolute atomic E-state index is 0.0406. The molecule has 0 spiro atoms. The second-order valence-electron chi connectivity index (χ2n) is 5.20. The number of benzene rings is 1. The molecule has 1 N–H and O–H groups in total. The van der Waals surface area contributed by atoms with Crippen LogP contribution in [0.1, 0.15) is 31.4 Å². The largest absolute Gasteiger partial charge is 0.481 e. The number of carboxylic acid groups (broad SMARTS) is 1. The van der Waals surface area contributed by atoms with Crippen molar-refractivity contribution in [1.82, 2.24) is 0 Å². The summed E-state index contributed by atoms with van der Waals surface area (Å²) in [5, 5.41) is 8.91. The van der Waals surface area contributed by atoms with Crippen molar-refractivity contribution in [3.05, 3.63) is 29.3 Å². The highest BCUT2D eigenvalue weighted by Crippen LogP contribution is 2.31. The Balaban J connectivity index is 3.36. The van der Waals surface area contributed by atoms with Crippen molar-refractivity contribution < 1.29 is 18.3 Å². The number of hydrogen-bond donors (Lipinski definition) is 1. The highest BCUT2D eigenvalue weighted by atomic mass is 32.2. The first-order chi connectivity index (χ1) is 8.04. The van der Waals surface area contributed by atoms with E-state index >= 15 is 0 Å². The van der Waals surface area contributed by atoms with E-state index in [9.17, 15) is 13.2 Å². The summed E-state index contributed by atoms with van der Waals surface area (Å²) in [6.07, 6.45) is 1.10. The standard InChI is InChI=1S/C13H18O4S/c1-9-5-6-10(18(4,16)17)7-11(9)13(2,3)8-12(14)15/h5-7H,8H2,1-4H3,(H,14,15). The first-order valence-corrected chi connectivity index (χ1v) is 7.46. The molecule has 0 amide bonds. The first kappa shape index (κ1) is 14.7. The third-order valence-electron chi connectivity index (χ3n) is 2.96. The van der Waals surface area contributed by atoms with E-state index in [0.717, 1.165) is 17.4 Å². The van der Waals surface area contributed by atoms with Gasteiger partial charge in [0.1, 0.15) is 0 Å². The summed E-state index contributed by atoms with van der Waals surface area (Å²) in [7, 11) is -3.28. The quantitative estimate of drug-likeness (QED) is 0.910. The van der Waals surface area contributed by atoms with Gasteiger partial charge in [0.25, 0.3) is 0 Å². The highest BCUT2D eigenvalue weighted by molar-refractivity contribution is 7.90. The van der Waals surface area contributed by atoms with E-state index in [4.69, 9.17) is 5.11 Å². The molecule has 0 fully saturated rings. The third kappa shape index (κ3) is 3.32. The fraction of sp³-hybridized carbons (Fsp3) is 0.462. The van der Waals surface area contributed by atoms with Crippen molar-refractivity contribution >= 4 is 15.8 Å². The highest BCUT2D eigenvalue weighted by Gasteiger charge is 2.26. The molecule has 0 bridgehead atoms. The Morgan fingerprint density at radius 3 is 2.33 bits per heavy atom. The molecular formula is C13H18O4S. The van der Waals surface area contributed by atoms with Crippen molar-refractivity contribution in [2.75, 3.05) is 6.26 Å². The number of aryl methyl sites for hydroxylation is 1. The number of rotatable bonds is 4. The molecule has 4 nitrogen and oxygen atoms in total. The van der Waals surface area contributed by atoms with Crippen LogP contribution in [0.3, 0.4) is 0 Å². The van der Waals surface area contributed by atoms with Crippen LogP contribution < -0.4 is 0 Å². The number of aliphatic carboxylic acids is 1. The monoisotopic (exact) mass is 270 g/mol. The lowest BCUT2D eigenvalue weighted by atomic mass is 9.79. The molecule has 1 aromatic carbocycles. The zero-order chi connectivity index (χ0) is 14.1. The Morgan fingerprint density at radius 1 is 1.33 bits per heavy atom. The van der Waals surface area contributed by atoms with Gasteiger partial charge >= 0.3 is 5.97 Å². The van der Waals surface area contributed by atoms with Gasteiger partial charge < -0.3 is 5.11 Å². The molecule has 18 heavy (non-hydrogen) atoms. The second-order valence-corrected chi connectivity index (χ2v) is 7.22. The summed E-state index contributed by atoms with van der Waals surface area (Å²) >= 11 is 0. The molecule has 0 unspecified atom stereocenters. The van der Waals surface area contributed by atoms with Gasteiger partial charge in [-0.05, 0) is 30.2 Å². The molecule has 1 aromatic rings. The molecule has 100 valence electrons. The molecule has 0 atom stereocenters.